The first-order valence-corrected chi connectivity index (χ1v) is 6.90. The fourth-order valence-electron chi connectivity index (χ4n) is 1.79. The van der Waals surface area contributed by atoms with E-state index in [2.05, 4.69) is 15.6 Å². The molecule has 6 heteroatoms. The zero-order valence-corrected chi connectivity index (χ0v) is 12.2. The summed E-state index contributed by atoms with van der Waals surface area (Å²) in [4.78, 5) is 16.1. The number of pyridine rings is 1. The van der Waals surface area contributed by atoms with E-state index < -0.39 is 0 Å². The molecule has 0 fully saturated rings. The van der Waals surface area contributed by atoms with Gasteiger partial charge in [-0.3, -0.25) is 4.79 Å². The van der Waals surface area contributed by atoms with Crippen molar-refractivity contribution < 1.29 is 9.18 Å². The first kappa shape index (κ1) is 15.3. The summed E-state index contributed by atoms with van der Waals surface area (Å²) in [7, 11) is 0. The highest BCUT2D eigenvalue weighted by Gasteiger charge is 2.09. The van der Waals surface area contributed by atoms with Crippen LogP contribution < -0.4 is 10.6 Å². The quantitative estimate of drug-likeness (QED) is 0.891. The van der Waals surface area contributed by atoms with Crippen molar-refractivity contribution in [2.45, 2.75) is 13.5 Å². The fourth-order valence-corrected chi connectivity index (χ4v) is 2.02. The Balaban J connectivity index is 2.02. The molecule has 0 aliphatic heterocycles. The smallest absolute Gasteiger partial charge is 0.253 e. The maximum Gasteiger partial charge on any atom is 0.253 e. The number of hydrogen-bond acceptors (Lipinski definition) is 3. The Hall–Kier alpha value is -2.14. The summed E-state index contributed by atoms with van der Waals surface area (Å²) in [5.74, 6) is -0.0981. The van der Waals surface area contributed by atoms with E-state index in [1.54, 1.807) is 18.2 Å². The van der Waals surface area contributed by atoms with Gasteiger partial charge in [-0.05, 0) is 30.7 Å². The van der Waals surface area contributed by atoms with Gasteiger partial charge >= 0.3 is 0 Å². The third-order valence-electron chi connectivity index (χ3n) is 2.79. The minimum absolute atomic E-state index is 0.239. The third-order valence-corrected chi connectivity index (χ3v) is 3.08. The normalized spacial score (nSPS) is 10.2. The third kappa shape index (κ3) is 4.16. The van der Waals surface area contributed by atoms with Gasteiger partial charge < -0.3 is 10.6 Å². The van der Waals surface area contributed by atoms with E-state index in [0.29, 0.717) is 28.5 Å². The zero-order valence-electron chi connectivity index (χ0n) is 11.5. The maximum atomic E-state index is 13.0. The highest BCUT2D eigenvalue weighted by molar-refractivity contribution is 6.33. The van der Waals surface area contributed by atoms with Crippen molar-refractivity contribution in [1.29, 1.82) is 0 Å². The first-order valence-electron chi connectivity index (χ1n) is 6.52. The molecule has 21 heavy (non-hydrogen) atoms. The number of carbonyl (C=O) groups excluding carboxylic acids is 1. The summed E-state index contributed by atoms with van der Waals surface area (Å²) < 4.78 is 13.0. The second-order valence-corrected chi connectivity index (χ2v) is 4.80. The molecule has 4 nitrogen and oxygen atoms in total. The van der Waals surface area contributed by atoms with E-state index in [-0.39, 0.29) is 18.3 Å². The Morgan fingerprint density at radius 2 is 2.19 bits per heavy atom. The minimum Gasteiger partial charge on any atom is -0.369 e. The number of rotatable bonds is 5. The summed E-state index contributed by atoms with van der Waals surface area (Å²) in [6, 6.07) is 7.62. The van der Waals surface area contributed by atoms with Crippen LogP contribution in [0.4, 0.5) is 10.2 Å². The number of hydrogen-bond donors (Lipinski definition) is 2. The van der Waals surface area contributed by atoms with Crippen LogP contribution in [0.25, 0.3) is 0 Å². The lowest BCUT2D eigenvalue weighted by Crippen LogP contribution is -2.23. The topological polar surface area (TPSA) is 54.0 Å². The van der Waals surface area contributed by atoms with Crippen molar-refractivity contribution >= 4 is 23.3 Å². The van der Waals surface area contributed by atoms with Gasteiger partial charge in [0.2, 0.25) is 0 Å². The van der Waals surface area contributed by atoms with Gasteiger partial charge in [0.25, 0.3) is 5.91 Å². The molecule has 0 saturated heterocycles. The number of nitrogens with one attached hydrogen (secondary N) is 2. The second-order valence-electron chi connectivity index (χ2n) is 4.40. The van der Waals surface area contributed by atoms with Gasteiger partial charge in [-0.25, -0.2) is 9.37 Å². The van der Waals surface area contributed by atoms with E-state index in [9.17, 15) is 9.18 Å². The Morgan fingerprint density at radius 3 is 2.86 bits per heavy atom. The minimum atomic E-state index is -0.332. The molecule has 110 valence electrons. The average molecular weight is 308 g/mol. The molecule has 0 bridgehead atoms. The van der Waals surface area contributed by atoms with Gasteiger partial charge in [0.1, 0.15) is 11.6 Å². The molecule has 1 heterocycles. The van der Waals surface area contributed by atoms with Crippen molar-refractivity contribution in [2.24, 2.45) is 0 Å². The van der Waals surface area contributed by atoms with E-state index in [1.807, 2.05) is 6.92 Å². The van der Waals surface area contributed by atoms with Crippen molar-refractivity contribution in [3.63, 3.8) is 0 Å². The van der Waals surface area contributed by atoms with Crippen molar-refractivity contribution in [1.82, 2.24) is 10.3 Å². The average Bonchev–Trinajstić information content (AvgIpc) is 2.47. The van der Waals surface area contributed by atoms with Crippen LogP contribution in [0.3, 0.4) is 0 Å². The number of carbonyl (C=O) groups is 1. The SMILES string of the molecule is CCNc1ncc(C(=O)NCc2cccc(F)c2)cc1Cl. The van der Waals surface area contributed by atoms with Crippen LogP contribution in [-0.4, -0.2) is 17.4 Å². The largest absolute Gasteiger partial charge is 0.369 e. The molecule has 0 aliphatic rings. The molecule has 2 rings (SSSR count). The van der Waals surface area contributed by atoms with Crippen LogP contribution in [0, 0.1) is 5.82 Å². The van der Waals surface area contributed by atoms with Crippen molar-refractivity contribution in [3.8, 4) is 0 Å². The molecule has 1 aromatic heterocycles. The number of aromatic nitrogens is 1. The zero-order chi connectivity index (χ0) is 15.2. The van der Waals surface area contributed by atoms with Gasteiger partial charge in [0.15, 0.2) is 0 Å². The molecule has 0 radical (unpaired) electrons. The van der Waals surface area contributed by atoms with Crippen LogP contribution in [0.15, 0.2) is 36.5 Å². The number of anilines is 1. The summed E-state index contributed by atoms with van der Waals surface area (Å²) in [6.07, 6.45) is 1.45. The molecule has 0 saturated carbocycles. The van der Waals surface area contributed by atoms with E-state index in [0.717, 1.165) is 0 Å². The van der Waals surface area contributed by atoms with Crippen LogP contribution in [-0.2, 0) is 6.54 Å². The highest BCUT2D eigenvalue weighted by Crippen LogP contribution is 2.19. The van der Waals surface area contributed by atoms with Crippen LogP contribution in [0.5, 0.6) is 0 Å². The van der Waals surface area contributed by atoms with Gasteiger partial charge in [0.05, 0.1) is 10.6 Å². The lowest BCUT2D eigenvalue weighted by atomic mass is 10.2. The predicted molar refractivity (Wildman–Crippen MR) is 81.0 cm³/mol. The predicted octanol–water partition coefficient (Wildman–Crippen LogP) is 3.24. The fraction of sp³-hybridized carbons (Fsp3) is 0.200. The molecule has 0 unspecified atom stereocenters. The summed E-state index contributed by atoms with van der Waals surface area (Å²) >= 11 is 6.04. The van der Waals surface area contributed by atoms with E-state index >= 15 is 0 Å². The van der Waals surface area contributed by atoms with Gasteiger partial charge in [-0.1, -0.05) is 23.7 Å². The standard InChI is InChI=1S/C15H15ClFN3O/c1-2-18-14-13(16)7-11(9-19-14)15(21)20-8-10-4-3-5-12(17)6-10/h3-7,9H,2,8H2,1H3,(H,18,19)(H,20,21). The van der Waals surface area contributed by atoms with Gasteiger partial charge in [-0.15, -0.1) is 0 Å². The molecule has 1 amide bonds. The van der Waals surface area contributed by atoms with Crippen molar-refractivity contribution in [3.05, 3.63) is 58.5 Å². The van der Waals surface area contributed by atoms with Crippen LogP contribution >= 0.6 is 11.6 Å². The van der Waals surface area contributed by atoms with Gasteiger partial charge in [0, 0.05) is 19.3 Å². The number of benzene rings is 1. The van der Waals surface area contributed by atoms with E-state index in [4.69, 9.17) is 11.6 Å². The molecule has 0 aliphatic carbocycles. The lowest BCUT2D eigenvalue weighted by molar-refractivity contribution is 0.0950. The molecule has 2 aromatic rings. The molecule has 0 atom stereocenters. The summed E-state index contributed by atoms with van der Waals surface area (Å²) in [5, 5.41) is 6.07. The van der Waals surface area contributed by atoms with Gasteiger partial charge in [-0.2, -0.15) is 0 Å². The first-order chi connectivity index (χ1) is 10.1. The lowest BCUT2D eigenvalue weighted by Gasteiger charge is -2.08. The maximum absolute atomic E-state index is 13.0. The van der Waals surface area contributed by atoms with Crippen LogP contribution in [0.1, 0.15) is 22.8 Å². The Morgan fingerprint density at radius 1 is 1.38 bits per heavy atom. The van der Waals surface area contributed by atoms with Crippen LogP contribution in [0.2, 0.25) is 5.02 Å². The monoisotopic (exact) mass is 307 g/mol. The van der Waals surface area contributed by atoms with Crippen molar-refractivity contribution in [2.75, 3.05) is 11.9 Å². The Labute approximate surface area is 127 Å². The number of nitrogens with zero attached hydrogens (tertiary/aromatic N) is 1. The number of halogens is 2. The number of amides is 1. The molecular weight excluding hydrogens is 293 g/mol. The highest BCUT2D eigenvalue weighted by atomic mass is 35.5. The molecule has 2 N–H and O–H groups in total. The summed E-state index contributed by atoms with van der Waals surface area (Å²) in [5.41, 5.74) is 1.05. The van der Waals surface area contributed by atoms with E-state index in [1.165, 1.54) is 18.3 Å². The molecular formula is C15H15ClFN3O. The Bertz CT molecular complexity index is 649. The summed E-state index contributed by atoms with van der Waals surface area (Å²) in [6.45, 7) is 2.86. The molecule has 1 aromatic carbocycles. The molecule has 0 spiro atoms. The second kappa shape index (κ2) is 7.04. The Kier molecular flexibility index (Phi) is 5.11.